The first kappa shape index (κ1) is 24.6. The van der Waals surface area contributed by atoms with E-state index in [0.717, 1.165) is 11.1 Å². The van der Waals surface area contributed by atoms with Crippen LogP contribution in [0.2, 0.25) is 10.0 Å². The average molecular weight is 533 g/mol. The maximum atomic E-state index is 12.6. The summed E-state index contributed by atoms with van der Waals surface area (Å²) in [6.07, 6.45) is 0. The molecule has 2 heterocycles. The van der Waals surface area contributed by atoms with Crippen LogP contribution in [0.5, 0.6) is 11.6 Å². The fourth-order valence-corrected chi connectivity index (χ4v) is 4.28. The van der Waals surface area contributed by atoms with Gasteiger partial charge >= 0.3 is 5.69 Å². The van der Waals surface area contributed by atoms with Crippen LogP contribution in [0.4, 0.5) is 0 Å². The van der Waals surface area contributed by atoms with Gasteiger partial charge in [-0.25, -0.2) is 4.79 Å². The molecule has 9 heteroatoms. The SMILES string of the molecule is C[C@@H](NC(=O)c1ccc(Oc2ccc3c(n2)[nH]c(=O)n3Cc2ccc(Cl)c(Cl)c2)cc1)c1ccccc1. The molecule has 0 unspecified atom stereocenters. The third-order valence-electron chi connectivity index (χ3n) is 5.92. The van der Waals surface area contributed by atoms with Crippen molar-refractivity contribution in [2.75, 3.05) is 0 Å². The number of aromatic amines is 1. The van der Waals surface area contributed by atoms with Crippen molar-refractivity contribution in [1.29, 1.82) is 0 Å². The van der Waals surface area contributed by atoms with E-state index in [-0.39, 0.29) is 17.6 Å². The highest BCUT2D eigenvalue weighted by Crippen LogP contribution is 2.25. The molecule has 1 amide bonds. The molecule has 0 fully saturated rings. The average Bonchev–Trinajstić information content (AvgIpc) is 3.21. The predicted octanol–water partition coefficient (Wildman–Crippen LogP) is 6.36. The van der Waals surface area contributed by atoms with Gasteiger partial charge in [-0.3, -0.25) is 14.3 Å². The van der Waals surface area contributed by atoms with E-state index < -0.39 is 0 Å². The molecule has 0 saturated carbocycles. The Morgan fingerprint density at radius 1 is 1.00 bits per heavy atom. The van der Waals surface area contributed by atoms with Crippen LogP contribution in [-0.2, 0) is 6.54 Å². The molecule has 0 radical (unpaired) electrons. The van der Waals surface area contributed by atoms with Gasteiger partial charge in [0.1, 0.15) is 5.75 Å². The first-order valence-electron chi connectivity index (χ1n) is 11.5. The Hall–Kier alpha value is -4.07. The lowest BCUT2D eigenvalue weighted by Gasteiger charge is -2.14. The normalized spacial score (nSPS) is 11.9. The fraction of sp³-hybridized carbons (Fsp3) is 0.107. The number of hydrogen-bond acceptors (Lipinski definition) is 4. The summed E-state index contributed by atoms with van der Waals surface area (Å²) in [7, 11) is 0. The van der Waals surface area contributed by atoms with E-state index in [1.807, 2.05) is 43.3 Å². The Labute approximate surface area is 222 Å². The molecule has 0 aliphatic heterocycles. The van der Waals surface area contributed by atoms with Crippen molar-refractivity contribution < 1.29 is 9.53 Å². The first-order valence-corrected chi connectivity index (χ1v) is 12.3. The van der Waals surface area contributed by atoms with Crippen LogP contribution in [0.3, 0.4) is 0 Å². The molecule has 2 N–H and O–H groups in total. The minimum absolute atomic E-state index is 0.119. The summed E-state index contributed by atoms with van der Waals surface area (Å²) in [4.78, 5) is 32.4. The third kappa shape index (κ3) is 5.53. The summed E-state index contributed by atoms with van der Waals surface area (Å²) in [5, 5.41) is 3.87. The number of fused-ring (bicyclic) bond motifs is 1. The number of halogens is 2. The first-order chi connectivity index (χ1) is 17.9. The minimum Gasteiger partial charge on any atom is -0.439 e. The van der Waals surface area contributed by atoms with Crippen LogP contribution in [-0.4, -0.2) is 20.4 Å². The highest BCUT2D eigenvalue weighted by molar-refractivity contribution is 6.42. The number of aromatic nitrogens is 3. The van der Waals surface area contributed by atoms with Crippen LogP contribution < -0.4 is 15.7 Å². The molecule has 3 aromatic carbocycles. The summed E-state index contributed by atoms with van der Waals surface area (Å²) in [5.41, 5.74) is 3.10. The van der Waals surface area contributed by atoms with E-state index >= 15 is 0 Å². The Kier molecular flexibility index (Phi) is 6.99. The van der Waals surface area contributed by atoms with Crippen LogP contribution in [0.1, 0.15) is 34.5 Å². The second kappa shape index (κ2) is 10.5. The Balaban J connectivity index is 1.28. The number of benzene rings is 3. The van der Waals surface area contributed by atoms with Crippen molar-refractivity contribution in [2.24, 2.45) is 0 Å². The lowest BCUT2D eigenvalue weighted by Crippen LogP contribution is -2.26. The number of nitrogens with one attached hydrogen (secondary N) is 2. The van der Waals surface area contributed by atoms with Crippen LogP contribution in [0, 0.1) is 0 Å². The third-order valence-corrected chi connectivity index (χ3v) is 6.66. The smallest absolute Gasteiger partial charge is 0.327 e. The van der Waals surface area contributed by atoms with E-state index in [1.165, 1.54) is 0 Å². The van der Waals surface area contributed by atoms with E-state index in [0.29, 0.717) is 44.9 Å². The molecule has 0 bridgehead atoms. The van der Waals surface area contributed by atoms with Crippen LogP contribution >= 0.6 is 23.2 Å². The molecule has 0 spiro atoms. The van der Waals surface area contributed by atoms with Gasteiger partial charge in [0.05, 0.1) is 28.1 Å². The highest BCUT2D eigenvalue weighted by atomic mass is 35.5. The number of carbonyl (C=O) groups excluding carboxylic acids is 1. The number of imidazole rings is 1. The van der Waals surface area contributed by atoms with Crippen molar-refractivity contribution in [1.82, 2.24) is 19.9 Å². The number of nitrogens with zero attached hydrogens (tertiary/aromatic N) is 2. The Morgan fingerprint density at radius 2 is 1.76 bits per heavy atom. The Bertz CT molecular complexity index is 1630. The molecule has 0 aliphatic rings. The molecule has 1 atom stereocenters. The number of carbonyl (C=O) groups is 1. The van der Waals surface area contributed by atoms with Gasteiger partial charge < -0.3 is 10.1 Å². The minimum atomic E-state index is -0.300. The van der Waals surface area contributed by atoms with Crippen molar-refractivity contribution in [2.45, 2.75) is 19.5 Å². The van der Waals surface area contributed by atoms with Gasteiger partial charge in [-0.05, 0) is 60.5 Å². The van der Waals surface area contributed by atoms with Gasteiger partial charge in [-0.1, -0.05) is 59.6 Å². The van der Waals surface area contributed by atoms with Crippen LogP contribution in [0.15, 0.2) is 89.7 Å². The van der Waals surface area contributed by atoms with Crippen LogP contribution in [0.25, 0.3) is 11.2 Å². The predicted molar refractivity (Wildman–Crippen MR) is 145 cm³/mol. The summed E-state index contributed by atoms with van der Waals surface area (Å²) in [6.45, 7) is 2.25. The number of ether oxygens (including phenoxy) is 1. The topological polar surface area (TPSA) is 89.0 Å². The van der Waals surface area contributed by atoms with E-state index in [4.69, 9.17) is 27.9 Å². The second-order valence-electron chi connectivity index (χ2n) is 8.51. The lowest BCUT2D eigenvalue weighted by molar-refractivity contribution is 0.0940. The van der Waals surface area contributed by atoms with Crippen molar-refractivity contribution in [3.63, 3.8) is 0 Å². The molecule has 5 rings (SSSR count). The molecule has 37 heavy (non-hydrogen) atoms. The van der Waals surface area contributed by atoms with Gasteiger partial charge in [-0.15, -0.1) is 0 Å². The van der Waals surface area contributed by atoms with Crippen molar-refractivity contribution in [3.8, 4) is 11.6 Å². The van der Waals surface area contributed by atoms with E-state index in [1.54, 1.807) is 53.1 Å². The number of pyridine rings is 1. The number of amides is 1. The number of H-pyrrole nitrogens is 1. The molecular weight excluding hydrogens is 511 g/mol. The quantitative estimate of drug-likeness (QED) is 0.255. The summed E-state index contributed by atoms with van der Waals surface area (Å²) in [5.74, 6) is 0.644. The van der Waals surface area contributed by atoms with Crippen molar-refractivity contribution in [3.05, 3.63) is 122 Å². The zero-order valence-corrected chi connectivity index (χ0v) is 21.3. The standard InChI is InChI=1S/C28H22Cl2N4O3/c1-17(19-5-3-2-4-6-19)31-27(35)20-8-10-21(11-9-20)37-25-14-13-24-26(32-25)33-28(36)34(24)16-18-7-12-22(29)23(30)15-18/h2-15,17H,16H2,1H3,(H,31,35)(H,32,33,36)/t17-/m1/s1. The zero-order chi connectivity index (χ0) is 25.9. The molecular formula is C28H22Cl2N4O3. The van der Waals surface area contributed by atoms with Gasteiger partial charge in [0.25, 0.3) is 5.91 Å². The maximum absolute atomic E-state index is 12.6. The van der Waals surface area contributed by atoms with E-state index in [2.05, 4.69) is 15.3 Å². The van der Waals surface area contributed by atoms with Gasteiger partial charge in [0, 0.05) is 11.6 Å². The van der Waals surface area contributed by atoms with Gasteiger partial charge in [0.15, 0.2) is 5.65 Å². The van der Waals surface area contributed by atoms with Gasteiger partial charge in [0.2, 0.25) is 5.88 Å². The second-order valence-corrected chi connectivity index (χ2v) is 9.33. The highest BCUT2D eigenvalue weighted by Gasteiger charge is 2.13. The zero-order valence-electron chi connectivity index (χ0n) is 19.7. The lowest BCUT2D eigenvalue weighted by atomic mass is 10.1. The molecule has 0 aliphatic carbocycles. The van der Waals surface area contributed by atoms with Crippen molar-refractivity contribution >= 4 is 40.3 Å². The maximum Gasteiger partial charge on any atom is 0.327 e. The molecule has 0 saturated heterocycles. The Morgan fingerprint density at radius 3 is 2.49 bits per heavy atom. The summed E-state index contributed by atoms with van der Waals surface area (Å²) >= 11 is 12.1. The number of rotatable bonds is 7. The number of hydrogen-bond donors (Lipinski definition) is 2. The molecule has 5 aromatic rings. The van der Waals surface area contributed by atoms with E-state index in [9.17, 15) is 9.59 Å². The summed E-state index contributed by atoms with van der Waals surface area (Å²) in [6, 6.07) is 25.1. The molecule has 2 aromatic heterocycles. The fourth-order valence-electron chi connectivity index (χ4n) is 3.96. The molecule has 186 valence electrons. The van der Waals surface area contributed by atoms with Gasteiger partial charge in [-0.2, -0.15) is 4.98 Å². The molecule has 7 nitrogen and oxygen atoms in total. The largest absolute Gasteiger partial charge is 0.439 e. The monoisotopic (exact) mass is 532 g/mol. The summed E-state index contributed by atoms with van der Waals surface area (Å²) < 4.78 is 7.43.